The zero-order valence-corrected chi connectivity index (χ0v) is 14.5. The smallest absolute Gasteiger partial charge is 0.316 e. The fraction of sp³-hybridized carbons (Fsp3) is 0.235. The summed E-state index contributed by atoms with van der Waals surface area (Å²) in [6, 6.07) is 10.2. The first-order valence-corrected chi connectivity index (χ1v) is 9.09. The summed E-state index contributed by atoms with van der Waals surface area (Å²) in [6.07, 6.45) is 1.56. The summed E-state index contributed by atoms with van der Waals surface area (Å²) in [6.45, 7) is 4.29. The number of ether oxygens (including phenoxy) is 1. The van der Waals surface area contributed by atoms with Crippen LogP contribution in [0.2, 0.25) is 0 Å². The van der Waals surface area contributed by atoms with E-state index in [1.807, 2.05) is 18.2 Å². The van der Waals surface area contributed by atoms with Crippen molar-refractivity contribution in [3.05, 3.63) is 41.5 Å². The van der Waals surface area contributed by atoms with Crippen LogP contribution in [0.15, 0.2) is 41.7 Å². The van der Waals surface area contributed by atoms with Gasteiger partial charge in [0.1, 0.15) is 16.2 Å². The lowest BCUT2D eigenvalue weighted by Crippen LogP contribution is -2.06. The number of hydrogen-bond donors (Lipinski definition) is 0. The minimum absolute atomic E-state index is 0.225. The Balaban J connectivity index is 2.04. The molecule has 2 heterocycles. The molecule has 4 nitrogen and oxygen atoms in total. The van der Waals surface area contributed by atoms with Crippen LogP contribution in [0, 0.1) is 6.92 Å². The maximum absolute atomic E-state index is 11.6. The van der Waals surface area contributed by atoms with Crippen molar-refractivity contribution in [2.75, 3.05) is 12.4 Å². The van der Waals surface area contributed by atoms with Crippen molar-refractivity contribution < 1.29 is 9.53 Å². The number of nitrogens with zero attached hydrogens (tertiary/aromatic N) is 2. The molecule has 0 amide bonds. The molecule has 0 radical (unpaired) electrons. The molecular weight excluding hydrogens is 328 g/mol. The van der Waals surface area contributed by atoms with E-state index < -0.39 is 0 Å². The van der Waals surface area contributed by atoms with E-state index in [-0.39, 0.29) is 11.7 Å². The third kappa shape index (κ3) is 3.38. The SMILES string of the molecule is CCOC(=O)CSc1ncnc2sc(C)c(-c3ccccc3)c12. The highest BCUT2D eigenvalue weighted by Gasteiger charge is 2.17. The van der Waals surface area contributed by atoms with E-state index in [9.17, 15) is 4.79 Å². The summed E-state index contributed by atoms with van der Waals surface area (Å²) in [4.78, 5) is 22.6. The molecule has 0 aliphatic heterocycles. The van der Waals surface area contributed by atoms with Gasteiger partial charge >= 0.3 is 5.97 Å². The zero-order chi connectivity index (χ0) is 16.2. The average Bonchev–Trinajstić information content (AvgIpc) is 2.90. The minimum atomic E-state index is -0.225. The molecule has 0 saturated carbocycles. The standard InChI is InChI=1S/C17H16N2O2S2/c1-3-21-13(20)9-22-16-15-14(12-7-5-4-6-8-12)11(2)23-17(15)19-10-18-16/h4-8,10H,3,9H2,1-2H3. The van der Waals surface area contributed by atoms with Gasteiger partial charge in [-0.05, 0) is 19.4 Å². The Labute approximate surface area is 142 Å². The van der Waals surface area contributed by atoms with Crippen LogP contribution < -0.4 is 0 Å². The number of hydrogen-bond acceptors (Lipinski definition) is 6. The van der Waals surface area contributed by atoms with Gasteiger partial charge in [-0.25, -0.2) is 9.97 Å². The van der Waals surface area contributed by atoms with Crippen LogP contribution in [0.25, 0.3) is 21.3 Å². The number of thiophene rings is 1. The molecule has 23 heavy (non-hydrogen) atoms. The monoisotopic (exact) mass is 344 g/mol. The van der Waals surface area contributed by atoms with Crippen molar-refractivity contribution in [3.8, 4) is 11.1 Å². The molecule has 6 heteroatoms. The Bertz CT molecular complexity index is 831. The second-order valence-electron chi connectivity index (χ2n) is 4.85. The predicted molar refractivity (Wildman–Crippen MR) is 94.9 cm³/mol. The molecule has 0 fully saturated rings. The highest BCUT2D eigenvalue weighted by Crippen LogP contribution is 2.41. The number of aromatic nitrogens is 2. The van der Waals surface area contributed by atoms with E-state index in [1.54, 1.807) is 24.6 Å². The number of esters is 1. The van der Waals surface area contributed by atoms with Gasteiger partial charge in [-0.3, -0.25) is 4.79 Å². The Hall–Kier alpha value is -1.92. The molecule has 0 aliphatic rings. The van der Waals surface area contributed by atoms with Crippen molar-refractivity contribution in [1.82, 2.24) is 9.97 Å². The molecule has 0 atom stereocenters. The second kappa shape index (κ2) is 7.10. The van der Waals surface area contributed by atoms with Crippen molar-refractivity contribution >= 4 is 39.3 Å². The van der Waals surface area contributed by atoms with Crippen molar-refractivity contribution in [2.24, 2.45) is 0 Å². The molecule has 0 N–H and O–H groups in total. The van der Waals surface area contributed by atoms with Crippen molar-refractivity contribution in [3.63, 3.8) is 0 Å². The van der Waals surface area contributed by atoms with E-state index in [2.05, 4.69) is 29.0 Å². The highest BCUT2D eigenvalue weighted by atomic mass is 32.2. The molecule has 0 saturated heterocycles. The van der Waals surface area contributed by atoms with Crippen molar-refractivity contribution in [1.29, 1.82) is 0 Å². The second-order valence-corrected chi connectivity index (χ2v) is 7.02. The molecular formula is C17H16N2O2S2. The molecule has 0 spiro atoms. The van der Waals surface area contributed by atoms with Crippen LogP contribution in [0.5, 0.6) is 0 Å². The van der Waals surface area contributed by atoms with Gasteiger partial charge in [-0.1, -0.05) is 42.1 Å². The number of thioether (sulfide) groups is 1. The third-order valence-corrected chi connectivity index (χ3v) is 5.30. The maximum atomic E-state index is 11.6. The van der Waals surface area contributed by atoms with Crippen LogP contribution in [-0.4, -0.2) is 28.3 Å². The van der Waals surface area contributed by atoms with E-state index >= 15 is 0 Å². The quantitative estimate of drug-likeness (QED) is 0.392. The van der Waals surface area contributed by atoms with Crippen LogP contribution >= 0.6 is 23.1 Å². The van der Waals surface area contributed by atoms with Crippen LogP contribution in [0.4, 0.5) is 0 Å². The van der Waals surface area contributed by atoms with E-state index in [4.69, 9.17) is 4.74 Å². The van der Waals surface area contributed by atoms with Gasteiger partial charge in [0.05, 0.1) is 17.7 Å². The average molecular weight is 344 g/mol. The molecule has 2 aromatic heterocycles. The molecule has 1 aromatic carbocycles. The lowest BCUT2D eigenvalue weighted by molar-refractivity contribution is -0.139. The summed E-state index contributed by atoms with van der Waals surface area (Å²) in [5.41, 5.74) is 2.29. The Morgan fingerprint density at radius 1 is 1.26 bits per heavy atom. The molecule has 3 aromatic rings. The van der Waals surface area contributed by atoms with Crippen LogP contribution in [0.1, 0.15) is 11.8 Å². The first kappa shape index (κ1) is 16.0. The number of benzene rings is 1. The van der Waals surface area contributed by atoms with Gasteiger partial charge in [-0.15, -0.1) is 11.3 Å². The predicted octanol–water partition coefficient (Wildman–Crippen LogP) is 4.32. The Kier molecular flexibility index (Phi) is 4.93. The summed E-state index contributed by atoms with van der Waals surface area (Å²) in [5.74, 6) is 0.0285. The fourth-order valence-corrected chi connectivity index (χ4v) is 4.29. The third-order valence-electron chi connectivity index (χ3n) is 3.32. The first-order chi connectivity index (χ1) is 11.2. The fourth-order valence-electron chi connectivity index (χ4n) is 2.41. The summed E-state index contributed by atoms with van der Waals surface area (Å²) in [7, 11) is 0. The number of carbonyl (C=O) groups excluding carboxylic acids is 1. The topological polar surface area (TPSA) is 52.1 Å². The van der Waals surface area contributed by atoms with E-state index in [0.29, 0.717) is 6.61 Å². The Morgan fingerprint density at radius 3 is 2.78 bits per heavy atom. The summed E-state index contributed by atoms with van der Waals surface area (Å²) in [5, 5.41) is 1.85. The number of aryl methyl sites for hydroxylation is 1. The largest absolute Gasteiger partial charge is 0.465 e. The Morgan fingerprint density at radius 2 is 2.04 bits per heavy atom. The molecule has 118 valence electrons. The van der Waals surface area contributed by atoms with E-state index in [1.165, 1.54) is 16.6 Å². The molecule has 0 unspecified atom stereocenters. The van der Waals surface area contributed by atoms with Gasteiger partial charge < -0.3 is 4.74 Å². The normalized spacial score (nSPS) is 10.9. The van der Waals surface area contributed by atoms with Gasteiger partial charge in [0, 0.05) is 10.4 Å². The lowest BCUT2D eigenvalue weighted by Gasteiger charge is -2.06. The van der Waals surface area contributed by atoms with Crippen molar-refractivity contribution in [2.45, 2.75) is 18.9 Å². The minimum Gasteiger partial charge on any atom is -0.465 e. The number of rotatable bonds is 5. The lowest BCUT2D eigenvalue weighted by atomic mass is 10.0. The molecule has 0 bridgehead atoms. The van der Waals surface area contributed by atoms with E-state index in [0.717, 1.165) is 26.4 Å². The number of fused-ring (bicyclic) bond motifs is 1. The van der Waals surface area contributed by atoms with Crippen LogP contribution in [-0.2, 0) is 9.53 Å². The van der Waals surface area contributed by atoms with Gasteiger partial charge in [-0.2, -0.15) is 0 Å². The zero-order valence-electron chi connectivity index (χ0n) is 12.9. The van der Waals surface area contributed by atoms with Gasteiger partial charge in [0.25, 0.3) is 0 Å². The number of carbonyl (C=O) groups is 1. The first-order valence-electron chi connectivity index (χ1n) is 7.28. The van der Waals surface area contributed by atoms with Gasteiger partial charge in [0.2, 0.25) is 0 Å². The maximum Gasteiger partial charge on any atom is 0.316 e. The highest BCUT2D eigenvalue weighted by molar-refractivity contribution is 8.00. The summed E-state index contributed by atoms with van der Waals surface area (Å²) < 4.78 is 5.00. The molecule has 0 aliphatic carbocycles. The molecule has 3 rings (SSSR count). The summed E-state index contributed by atoms with van der Waals surface area (Å²) >= 11 is 3.05. The van der Waals surface area contributed by atoms with Crippen LogP contribution in [0.3, 0.4) is 0 Å². The van der Waals surface area contributed by atoms with Gasteiger partial charge in [0.15, 0.2) is 0 Å².